The van der Waals surface area contributed by atoms with Gasteiger partial charge >= 0.3 is 6.09 Å². The van der Waals surface area contributed by atoms with Gasteiger partial charge in [0, 0.05) is 19.6 Å². The van der Waals surface area contributed by atoms with Gasteiger partial charge < -0.3 is 15.0 Å². The molecule has 1 aromatic rings. The lowest BCUT2D eigenvalue weighted by atomic mass is 9.97. The van der Waals surface area contributed by atoms with Gasteiger partial charge in [0.15, 0.2) is 5.82 Å². The van der Waals surface area contributed by atoms with Crippen molar-refractivity contribution in [2.45, 2.75) is 39.2 Å². The number of hydrogen-bond donors (Lipinski definition) is 1. The highest BCUT2D eigenvalue weighted by Crippen LogP contribution is 2.26. The predicted octanol–water partition coefficient (Wildman–Crippen LogP) is 2.87. The zero-order valence-corrected chi connectivity index (χ0v) is 14.1. The van der Waals surface area contributed by atoms with E-state index >= 15 is 0 Å². The van der Waals surface area contributed by atoms with E-state index in [4.69, 9.17) is 16.3 Å². The molecule has 1 N–H and O–H groups in total. The van der Waals surface area contributed by atoms with Crippen LogP contribution in [0.2, 0.25) is 5.02 Å². The number of carbonyl (C=O) groups excluding carboxylic acids is 1. The van der Waals surface area contributed by atoms with Crippen molar-refractivity contribution in [1.82, 2.24) is 15.3 Å². The fraction of sp³-hybridized carbons (Fsp3) is 0.667. The number of aromatic nitrogens is 2. The number of carbonyl (C=O) groups is 1. The van der Waals surface area contributed by atoms with E-state index in [2.05, 4.69) is 20.2 Å². The first-order chi connectivity index (χ1) is 10.3. The molecule has 0 aromatic carbocycles. The minimum Gasteiger partial charge on any atom is -0.444 e. The van der Waals surface area contributed by atoms with Crippen LogP contribution in [0.3, 0.4) is 0 Å². The topological polar surface area (TPSA) is 67.3 Å². The number of hydrogen-bond acceptors (Lipinski definition) is 5. The summed E-state index contributed by atoms with van der Waals surface area (Å²) in [7, 11) is 0. The minimum absolute atomic E-state index is 0.353. The van der Waals surface area contributed by atoms with E-state index in [0.29, 0.717) is 17.5 Å². The average Bonchev–Trinajstić information content (AvgIpc) is 2.45. The van der Waals surface area contributed by atoms with Crippen LogP contribution in [0.1, 0.15) is 33.6 Å². The number of amides is 1. The molecule has 0 unspecified atom stereocenters. The van der Waals surface area contributed by atoms with E-state index in [-0.39, 0.29) is 6.09 Å². The minimum atomic E-state index is -0.461. The van der Waals surface area contributed by atoms with Crippen molar-refractivity contribution in [3.05, 3.63) is 17.5 Å². The van der Waals surface area contributed by atoms with Gasteiger partial charge in [-0.1, -0.05) is 11.6 Å². The molecule has 1 fully saturated rings. The molecular formula is C15H23ClN4O2. The lowest BCUT2D eigenvalue weighted by Crippen LogP contribution is -2.40. The molecule has 0 aliphatic carbocycles. The number of anilines is 1. The van der Waals surface area contributed by atoms with E-state index < -0.39 is 5.60 Å². The van der Waals surface area contributed by atoms with E-state index in [0.717, 1.165) is 31.7 Å². The molecule has 0 atom stereocenters. The maximum Gasteiger partial charge on any atom is 0.407 e. The van der Waals surface area contributed by atoms with Crippen LogP contribution in [-0.4, -0.2) is 41.3 Å². The molecule has 2 heterocycles. The zero-order valence-electron chi connectivity index (χ0n) is 13.3. The highest BCUT2D eigenvalue weighted by atomic mass is 35.5. The Kier molecular flexibility index (Phi) is 5.45. The van der Waals surface area contributed by atoms with Gasteiger partial charge in [0.2, 0.25) is 0 Å². The van der Waals surface area contributed by atoms with Gasteiger partial charge in [-0.15, -0.1) is 0 Å². The number of ether oxygens (including phenoxy) is 1. The Morgan fingerprint density at radius 1 is 1.45 bits per heavy atom. The van der Waals surface area contributed by atoms with Gasteiger partial charge in [0.25, 0.3) is 0 Å². The van der Waals surface area contributed by atoms with Crippen LogP contribution in [0, 0.1) is 5.92 Å². The fourth-order valence-electron chi connectivity index (χ4n) is 2.43. The molecule has 6 nitrogen and oxygen atoms in total. The Balaban J connectivity index is 1.76. The predicted molar refractivity (Wildman–Crippen MR) is 86.2 cm³/mol. The third kappa shape index (κ3) is 5.02. The average molecular weight is 327 g/mol. The summed E-state index contributed by atoms with van der Waals surface area (Å²) >= 11 is 6.12. The summed E-state index contributed by atoms with van der Waals surface area (Å²) in [6, 6.07) is 0. The Morgan fingerprint density at radius 2 is 2.14 bits per heavy atom. The van der Waals surface area contributed by atoms with E-state index in [1.807, 2.05) is 20.8 Å². The van der Waals surface area contributed by atoms with Crippen molar-refractivity contribution in [2.75, 3.05) is 24.5 Å². The third-order valence-electron chi connectivity index (χ3n) is 3.50. The molecule has 7 heteroatoms. The third-order valence-corrected chi connectivity index (χ3v) is 3.76. The van der Waals surface area contributed by atoms with Crippen LogP contribution in [-0.2, 0) is 4.74 Å². The van der Waals surface area contributed by atoms with Crippen LogP contribution in [0.4, 0.5) is 10.6 Å². The van der Waals surface area contributed by atoms with E-state index in [1.165, 1.54) is 6.33 Å². The van der Waals surface area contributed by atoms with Gasteiger partial charge in [0.05, 0.1) is 6.20 Å². The highest BCUT2D eigenvalue weighted by Gasteiger charge is 2.23. The summed E-state index contributed by atoms with van der Waals surface area (Å²) in [4.78, 5) is 22.0. The Morgan fingerprint density at radius 3 is 2.73 bits per heavy atom. The van der Waals surface area contributed by atoms with E-state index in [1.54, 1.807) is 6.20 Å². The van der Waals surface area contributed by atoms with Crippen LogP contribution < -0.4 is 10.2 Å². The molecule has 0 radical (unpaired) electrons. The van der Waals surface area contributed by atoms with Gasteiger partial charge in [0.1, 0.15) is 17.0 Å². The SMILES string of the molecule is CC(C)(C)OC(=O)NCC1CCN(c2ncncc2Cl)CC1. The zero-order chi connectivity index (χ0) is 16.2. The summed E-state index contributed by atoms with van der Waals surface area (Å²) in [6.07, 6.45) is 4.73. The van der Waals surface area contributed by atoms with Crippen molar-refractivity contribution >= 4 is 23.5 Å². The van der Waals surface area contributed by atoms with Crippen LogP contribution >= 0.6 is 11.6 Å². The Labute approximate surface area is 136 Å². The first-order valence-electron chi connectivity index (χ1n) is 7.52. The maximum atomic E-state index is 11.7. The van der Waals surface area contributed by atoms with Crippen molar-refractivity contribution in [3.8, 4) is 0 Å². The molecule has 1 saturated heterocycles. The molecule has 0 spiro atoms. The molecule has 122 valence electrons. The fourth-order valence-corrected chi connectivity index (χ4v) is 2.65. The summed E-state index contributed by atoms with van der Waals surface area (Å²) in [6.45, 7) is 7.96. The summed E-state index contributed by atoms with van der Waals surface area (Å²) in [5, 5.41) is 3.42. The smallest absolute Gasteiger partial charge is 0.407 e. The lowest BCUT2D eigenvalue weighted by Gasteiger charge is -2.33. The van der Waals surface area contributed by atoms with Gasteiger partial charge in [-0.05, 0) is 39.5 Å². The van der Waals surface area contributed by atoms with Crippen molar-refractivity contribution in [1.29, 1.82) is 0 Å². The molecule has 22 heavy (non-hydrogen) atoms. The molecule has 1 aromatic heterocycles. The number of nitrogens with zero attached hydrogens (tertiary/aromatic N) is 3. The monoisotopic (exact) mass is 326 g/mol. The van der Waals surface area contributed by atoms with Crippen LogP contribution in [0.25, 0.3) is 0 Å². The number of nitrogens with one attached hydrogen (secondary N) is 1. The highest BCUT2D eigenvalue weighted by molar-refractivity contribution is 6.32. The van der Waals surface area contributed by atoms with Crippen molar-refractivity contribution in [3.63, 3.8) is 0 Å². The normalized spacial score (nSPS) is 16.5. The number of halogens is 1. The number of rotatable bonds is 3. The van der Waals surface area contributed by atoms with Gasteiger partial charge in [-0.25, -0.2) is 14.8 Å². The van der Waals surface area contributed by atoms with Crippen molar-refractivity contribution in [2.24, 2.45) is 5.92 Å². The summed E-state index contributed by atoms with van der Waals surface area (Å²) in [5.74, 6) is 1.24. The van der Waals surface area contributed by atoms with Gasteiger partial charge in [-0.2, -0.15) is 0 Å². The molecule has 2 rings (SSSR count). The second kappa shape index (κ2) is 7.13. The summed E-state index contributed by atoms with van der Waals surface area (Å²) in [5.41, 5.74) is -0.461. The quantitative estimate of drug-likeness (QED) is 0.925. The Hall–Kier alpha value is -1.56. The second-order valence-electron chi connectivity index (χ2n) is 6.51. The Bertz CT molecular complexity index is 511. The molecule has 1 aliphatic rings. The number of alkyl carbamates (subject to hydrolysis) is 1. The molecule has 0 saturated carbocycles. The molecule has 1 amide bonds. The molecule has 0 bridgehead atoms. The molecular weight excluding hydrogens is 304 g/mol. The van der Waals surface area contributed by atoms with Crippen molar-refractivity contribution < 1.29 is 9.53 Å². The first kappa shape index (κ1) is 16.8. The molecule has 1 aliphatic heterocycles. The maximum absolute atomic E-state index is 11.7. The van der Waals surface area contributed by atoms with Crippen LogP contribution in [0.5, 0.6) is 0 Å². The van der Waals surface area contributed by atoms with E-state index in [9.17, 15) is 4.79 Å². The summed E-state index contributed by atoms with van der Waals surface area (Å²) < 4.78 is 5.24. The number of piperidine rings is 1. The largest absolute Gasteiger partial charge is 0.444 e. The lowest BCUT2D eigenvalue weighted by molar-refractivity contribution is 0.0517. The standard InChI is InChI=1S/C15H23ClN4O2/c1-15(2,3)22-14(21)18-8-11-4-6-20(7-5-11)13-12(16)9-17-10-19-13/h9-11H,4-8H2,1-3H3,(H,18,21). The second-order valence-corrected chi connectivity index (χ2v) is 6.91. The van der Waals surface area contributed by atoms with Gasteiger partial charge in [-0.3, -0.25) is 0 Å². The first-order valence-corrected chi connectivity index (χ1v) is 7.90. The van der Waals surface area contributed by atoms with Crippen LogP contribution in [0.15, 0.2) is 12.5 Å².